The Morgan fingerprint density at radius 3 is 2.43 bits per heavy atom. The van der Waals surface area contributed by atoms with E-state index in [1.165, 1.54) is 13.1 Å². The molecule has 0 bridgehead atoms. The molecule has 2 aromatic carbocycles. The second-order valence-electron chi connectivity index (χ2n) is 8.00. The van der Waals surface area contributed by atoms with E-state index in [-0.39, 0.29) is 30.5 Å². The number of ether oxygens (including phenoxy) is 1. The fraction of sp³-hybridized carbons (Fsp3) is 0.435. The van der Waals surface area contributed by atoms with Crippen molar-refractivity contribution in [2.45, 2.75) is 45.0 Å². The number of hydrogen-bond acceptors (Lipinski definition) is 5. The van der Waals surface area contributed by atoms with E-state index in [0.717, 1.165) is 26.9 Å². The molecule has 12 heteroatoms. The molecule has 2 atom stereocenters. The summed E-state index contributed by atoms with van der Waals surface area (Å²) >= 11 is 7.08. The van der Waals surface area contributed by atoms with Crippen LogP contribution < -0.4 is 14.4 Å². The average Bonchev–Trinajstić information content (AvgIpc) is 2.85. The summed E-state index contributed by atoms with van der Waals surface area (Å²) in [7, 11) is -0.681. The van der Waals surface area contributed by atoms with Crippen LogP contribution >= 0.6 is 27.5 Å². The number of benzene rings is 2. The Kier molecular flexibility index (Phi) is 11.5. The summed E-state index contributed by atoms with van der Waals surface area (Å²) in [5.41, 5.74) is 0.874. The van der Waals surface area contributed by atoms with Crippen LogP contribution in [0.25, 0.3) is 0 Å². The topological polar surface area (TPSA) is 108 Å². The van der Waals surface area contributed by atoms with E-state index in [0.29, 0.717) is 16.3 Å². The normalized spacial score (nSPS) is 13.2. The first-order valence-corrected chi connectivity index (χ1v) is 16.0. The molecule has 0 saturated heterocycles. The lowest BCUT2D eigenvalue weighted by Gasteiger charge is -2.34. The highest BCUT2D eigenvalue weighted by Gasteiger charge is 2.33. The lowest BCUT2D eigenvalue weighted by atomic mass is 10.1. The van der Waals surface area contributed by atoms with Gasteiger partial charge in [0.1, 0.15) is 11.5 Å². The first kappa shape index (κ1) is 29.6. The third-order valence-electron chi connectivity index (χ3n) is 6.02. The Bertz CT molecular complexity index is 1030. The first-order valence-electron chi connectivity index (χ1n) is 11.3. The van der Waals surface area contributed by atoms with Crippen molar-refractivity contribution in [3.8, 4) is 11.5 Å². The summed E-state index contributed by atoms with van der Waals surface area (Å²) in [5, 5.41) is 13.6. The zero-order valence-electron chi connectivity index (χ0n) is 20.2. The van der Waals surface area contributed by atoms with Gasteiger partial charge in [-0.2, -0.15) is 0 Å². The van der Waals surface area contributed by atoms with Gasteiger partial charge < -0.3 is 19.6 Å². The van der Waals surface area contributed by atoms with Gasteiger partial charge in [0, 0.05) is 18.1 Å². The van der Waals surface area contributed by atoms with E-state index in [4.69, 9.17) is 20.8 Å². The monoisotopic (exact) mass is 606 g/mol. The molecule has 2 unspecified atom stereocenters. The van der Waals surface area contributed by atoms with Gasteiger partial charge in [-0.05, 0) is 70.0 Å². The van der Waals surface area contributed by atoms with E-state index in [1.807, 2.05) is 0 Å². The van der Waals surface area contributed by atoms with Crippen molar-refractivity contribution in [1.82, 2.24) is 5.32 Å². The quantitative estimate of drug-likeness (QED) is 0.201. The van der Waals surface area contributed by atoms with Gasteiger partial charge in [0.05, 0.1) is 16.8 Å². The summed E-state index contributed by atoms with van der Waals surface area (Å²) in [4.78, 5) is 12.6. The maximum Gasteiger partial charge on any atom is 0.261 e. The predicted octanol–water partition coefficient (Wildman–Crippen LogP) is 5.64. The van der Waals surface area contributed by atoms with Crippen LogP contribution in [0.3, 0.4) is 0 Å². The number of amides is 1. The molecule has 3 N–H and O–H groups in total. The number of carbonyl (C=O) groups is 1. The van der Waals surface area contributed by atoms with Crippen LogP contribution in [0.1, 0.15) is 32.4 Å². The predicted molar refractivity (Wildman–Crippen MR) is 146 cm³/mol. The van der Waals surface area contributed by atoms with Gasteiger partial charge in [-0.15, -0.1) is 0 Å². The Morgan fingerprint density at radius 2 is 1.86 bits per heavy atom. The minimum absolute atomic E-state index is 0.132. The largest absolute Gasteiger partial charge is 0.506 e. The second kappa shape index (κ2) is 13.6. The lowest BCUT2D eigenvalue weighted by Crippen LogP contribution is -2.41. The van der Waals surface area contributed by atoms with Crippen LogP contribution in [0.15, 0.2) is 40.9 Å². The zero-order valence-corrected chi connectivity index (χ0v) is 24.4. The Morgan fingerprint density at radius 1 is 1.20 bits per heavy atom. The highest BCUT2D eigenvalue weighted by molar-refractivity contribution is 9.10. The number of nitrogens with zero attached hydrogens (tertiary/aromatic N) is 1. The zero-order chi connectivity index (χ0) is 26.2. The lowest BCUT2D eigenvalue weighted by molar-refractivity contribution is -0.123. The number of halogens is 2. The summed E-state index contributed by atoms with van der Waals surface area (Å²) in [5.74, 6) is 0.00806. The fourth-order valence-electron chi connectivity index (χ4n) is 3.58. The SMILES string of the molecule is CC[Si](CC)(CC)OC(CNC(=O)COc1ccc(Br)c(Cl)c1)c1ccc(O)c(N(C)S(=O)O)c1. The molecule has 0 saturated carbocycles. The molecule has 2 rings (SSSR count). The van der Waals surface area contributed by atoms with E-state index in [9.17, 15) is 18.7 Å². The molecule has 0 aliphatic carbocycles. The number of hydrogen-bond donors (Lipinski definition) is 3. The number of phenols is 1. The minimum atomic E-state index is -2.31. The highest BCUT2D eigenvalue weighted by Crippen LogP contribution is 2.35. The molecular formula is C23H32BrClN2O6SSi. The smallest absolute Gasteiger partial charge is 0.261 e. The van der Waals surface area contributed by atoms with Gasteiger partial charge in [0.15, 0.2) is 14.9 Å². The van der Waals surface area contributed by atoms with Gasteiger partial charge in [0.2, 0.25) is 0 Å². The van der Waals surface area contributed by atoms with Crippen molar-refractivity contribution in [2.24, 2.45) is 0 Å². The van der Waals surface area contributed by atoms with E-state index >= 15 is 0 Å². The van der Waals surface area contributed by atoms with Crippen LogP contribution in [0.5, 0.6) is 11.5 Å². The molecule has 0 heterocycles. The van der Waals surface area contributed by atoms with Gasteiger partial charge >= 0.3 is 0 Å². The number of phenolic OH excluding ortho intramolecular Hbond substituents is 1. The maximum absolute atomic E-state index is 12.6. The molecule has 2 aromatic rings. The summed E-state index contributed by atoms with van der Waals surface area (Å²) in [6.45, 7) is 6.30. The third-order valence-corrected chi connectivity index (χ3v) is 12.6. The van der Waals surface area contributed by atoms with Crippen molar-refractivity contribution in [2.75, 3.05) is 24.5 Å². The van der Waals surface area contributed by atoms with Crippen LogP contribution in [0.4, 0.5) is 5.69 Å². The maximum atomic E-state index is 12.6. The number of nitrogens with one attached hydrogen (secondary N) is 1. The molecule has 1 amide bonds. The average molecular weight is 608 g/mol. The first-order chi connectivity index (χ1) is 16.6. The van der Waals surface area contributed by atoms with Crippen LogP contribution in [-0.4, -0.2) is 48.3 Å². The molecule has 0 spiro atoms. The van der Waals surface area contributed by atoms with E-state index in [2.05, 4.69) is 42.0 Å². The number of rotatable bonds is 13. The van der Waals surface area contributed by atoms with Gasteiger partial charge in [-0.3, -0.25) is 13.7 Å². The standard InChI is InChI=1S/C23H32BrClN2O6SSi/c1-5-35(6-2,7-3)33-22(16-8-11-21(28)20(12-16)27(4)34(30)31)14-26-23(29)15-32-17-9-10-18(24)19(25)13-17/h8-13,22,28H,5-7,14-15H2,1-4H3,(H,26,29)(H,30,31). The molecule has 35 heavy (non-hydrogen) atoms. The Hall–Kier alpha value is -1.63. The molecule has 0 radical (unpaired) electrons. The van der Waals surface area contributed by atoms with Gasteiger partial charge in [-0.1, -0.05) is 38.4 Å². The molecule has 0 aliphatic rings. The number of anilines is 1. The molecular weight excluding hydrogens is 576 g/mol. The fourth-order valence-corrected chi connectivity index (χ4v) is 7.13. The molecule has 0 fully saturated rings. The molecule has 0 aliphatic heterocycles. The number of carbonyl (C=O) groups excluding carboxylic acids is 1. The number of aromatic hydroxyl groups is 1. The van der Waals surface area contributed by atoms with Gasteiger partial charge in [-0.25, -0.2) is 4.21 Å². The van der Waals surface area contributed by atoms with Gasteiger partial charge in [0.25, 0.3) is 17.2 Å². The van der Waals surface area contributed by atoms with Crippen molar-refractivity contribution in [3.63, 3.8) is 0 Å². The molecule has 194 valence electrons. The third kappa shape index (κ3) is 8.19. The van der Waals surface area contributed by atoms with Crippen LogP contribution in [0.2, 0.25) is 23.2 Å². The van der Waals surface area contributed by atoms with Crippen LogP contribution in [0, 0.1) is 0 Å². The molecule has 0 aromatic heterocycles. The summed E-state index contributed by atoms with van der Waals surface area (Å²) in [6.07, 6.45) is -0.507. The second-order valence-corrected chi connectivity index (χ2v) is 15.0. The summed E-state index contributed by atoms with van der Waals surface area (Å²) < 4.78 is 35.0. The Balaban J connectivity index is 2.21. The minimum Gasteiger partial charge on any atom is -0.506 e. The van der Waals surface area contributed by atoms with E-state index < -0.39 is 25.7 Å². The van der Waals surface area contributed by atoms with Crippen molar-refractivity contribution < 1.29 is 27.8 Å². The van der Waals surface area contributed by atoms with Crippen molar-refractivity contribution in [1.29, 1.82) is 0 Å². The molecule has 8 nitrogen and oxygen atoms in total. The van der Waals surface area contributed by atoms with Crippen molar-refractivity contribution >= 4 is 58.7 Å². The Labute approximate surface area is 223 Å². The summed E-state index contributed by atoms with van der Waals surface area (Å²) in [6, 6.07) is 12.6. The van der Waals surface area contributed by atoms with Crippen LogP contribution in [-0.2, 0) is 20.5 Å². The van der Waals surface area contributed by atoms with E-state index in [1.54, 1.807) is 30.3 Å². The van der Waals surface area contributed by atoms with Crippen molar-refractivity contribution in [3.05, 3.63) is 51.5 Å². The highest BCUT2D eigenvalue weighted by atomic mass is 79.9.